The van der Waals surface area contributed by atoms with Crippen molar-refractivity contribution >= 4 is 37.0 Å². The van der Waals surface area contributed by atoms with Crippen LogP contribution >= 0.6 is 0 Å². The quantitative estimate of drug-likeness (QED) is 0.329. The fourth-order valence-electron chi connectivity index (χ4n) is 4.72. The summed E-state index contributed by atoms with van der Waals surface area (Å²) in [5.41, 5.74) is 3.04. The second-order valence-electron chi connectivity index (χ2n) is 9.88. The number of anilines is 1. The Morgan fingerprint density at radius 3 is 2.40 bits per heavy atom. The number of primary sulfonamides is 1. The summed E-state index contributed by atoms with van der Waals surface area (Å²) in [5, 5.41) is 9.26. The summed E-state index contributed by atoms with van der Waals surface area (Å²) in [4.78, 5) is 26.4. The first-order chi connectivity index (χ1) is 18.9. The van der Waals surface area contributed by atoms with E-state index < -0.39 is 20.0 Å². The van der Waals surface area contributed by atoms with Crippen LogP contribution < -0.4 is 16.0 Å². The fourth-order valence-corrected chi connectivity index (χ4v) is 6.14. The minimum atomic E-state index is -3.86. The molecule has 210 valence electrons. The van der Waals surface area contributed by atoms with E-state index in [0.29, 0.717) is 54.2 Å². The lowest BCUT2D eigenvalue weighted by Gasteiger charge is -2.30. The Labute approximate surface area is 232 Å². The van der Waals surface area contributed by atoms with Crippen LogP contribution in [0.3, 0.4) is 0 Å². The van der Waals surface area contributed by atoms with Crippen molar-refractivity contribution in [2.75, 3.05) is 24.7 Å². The number of nitrogens with two attached hydrogens (primary N) is 1. The monoisotopic (exact) mass is 583 g/mol. The van der Waals surface area contributed by atoms with Gasteiger partial charge in [-0.2, -0.15) is 4.98 Å². The van der Waals surface area contributed by atoms with Crippen LogP contribution in [-0.2, 0) is 26.6 Å². The molecule has 1 saturated heterocycles. The number of benzene rings is 1. The topological polar surface area (TPSA) is 170 Å². The molecule has 0 aliphatic carbocycles. The van der Waals surface area contributed by atoms with Crippen molar-refractivity contribution in [1.29, 1.82) is 0 Å². The van der Waals surface area contributed by atoms with Gasteiger partial charge in [-0.25, -0.2) is 31.3 Å². The zero-order chi connectivity index (χ0) is 28.7. The summed E-state index contributed by atoms with van der Waals surface area (Å²) in [6.45, 7) is 2.91. The minimum absolute atomic E-state index is 0.00586. The largest absolute Gasteiger partial charge is 0.351 e. The van der Waals surface area contributed by atoms with Gasteiger partial charge < -0.3 is 5.32 Å². The highest BCUT2D eigenvalue weighted by atomic mass is 32.2. The second-order valence-corrected chi connectivity index (χ2v) is 13.4. The summed E-state index contributed by atoms with van der Waals surface area (Å²) in [5.74, 6) is 0.364. The predicted molar refractivity (Wildman–Crippen MR) is 152 cm³/mol. The number of piperidine rings is 1. The number of nitrogens with one attached hydrogen (secondary N) is 1. The van der Waals surface area contributed by atoms with Crippen molar-refractivity contribution < 1.29 is 16.8 Å². The first-order valence-electron chi connectivity index (χ1n) is 12.6. The molecule has 0 amide bonds. The van der Waals surface area contributed by atoms with Crippen molar-refractivity contribution in [3.05, 3.63) is 76.3 Å². The highest BCUT2D eigenvalue weighted by Crippen LogP contribution is 2.25. The van der Waals surface area contributed by atoms with Crippen LogP contribution in [0.1, 0.15) is 24.0 Å². The predicted octanol–water partition coefficient (Wildman–Crippen LogP) is 1.69. The molecule has 0 bridgehead atoms. The molecule has 1 aliphatic rings. The average Bonchev–Trinajstić information content (AvgIpc) is 2.90. The Bertz CT molecular complexity index is 1850. The number of fused-ring (bicyclic) bond motifs is 1. The molecule has 0 spiro atoms. The summed E-state index contributed by atoms with van der Waals surface area (Å²) in [6, 6.07) is 11.4. The van der Waals surface area contributed by atoms with E-state index in [-0.39, 0.29) is 23.0 Å². The molecule has 4 heterocycles. The maximum atomic E-state index is 12.9. The van der Waals surface area contributed by atoms with E-state index in [4.69, 9.17) is 5.14 Å². The number of pyridine rings is 2. The van der Waals surface area contributed by atoms with Gasteiger partial charge in [-0.3, -0.25) is 14.3 Å². The van der Waals surface area contributed by atoms with Gasteiger partial charge >= 0.3 is 0 Å². The molecule has 1 aromatic carbocycles. The van der Waals surface area contributed by atoms with Gasteiger partial charge in [-0.05, 0) is 55.2 Å². The number of aryl methyl sites for hydroxylation is 1. The van der Waals surface area contributed by atoms with Crippen molar-refractivity contribution in [3.8, 4) is 11.3 Å². The SMILES string of the molecule is Cc1ccc(S(N)(=O)=O)cc1-c1ccc(Cn2c(=O)ccc3cnc(NC4CCN(S(C)(=O)=O)CC4)nc32)cn1. The van der Waals surface area contributed by atoms with Crippen LogP contribution in [0, 0.1) is 6.92 Å². The van der Waals surface area contributed by atoms with Crippen molar-refractivity contribution in [2.24, 2.45) is 5.14 Å². The van der Waals surface area contributed by atoms with E-state index in [2.05, 4.69) is 20.3 Å². The Kier molecular flexibility index (Phi) is 7.44. The molecule has 4 aromatic rings. The van der Waals surface area contributed by atoms with Crippen LogP contribution in [0.2, 0.25) is 0 Å². The Hall–Kier alpha value is -3.72. The lowest BCUT2D eigenvalue weighted by atomic mass is 10.0. The number of rotatable bonds is 7. The molecular weight excluding hydrogens is 554 g/mol. The zero-order valence-electron chi connectivity index (χ0n) is 22.0. The molecule has 12 nitrogen and oxygen atoms in total. The molecular formula is C26H29N7O5S2. The number of sulfonamides is 2. The van der Waals surface area contributed by atoms with Gasteiger partial charge in [0.1, 0.15) is 5.65 Å². The number of hydrogen-bond donors (Lipinski definition) is 2. The number of nitrogens with zero attached hydrogens (tertiary/aromatic N) is 5. The van der Waals surface area contributed by atoms with Crippen LogP contribution in [0.25, 0.3) is 22.3 Å². The summed E-state index contributed by atoms with van der Waals surface area (Å²) < 4.78 is 50.2. The van der Waals surface area contributed by atoms with Crippen LogP contribution in [-0.4, -0.2) is 66.0 Å². The Morgan fingerprint density at radius 2 is 1.75 bits per heavy atom. The van der Waals surface area contributed by atoms with Crippen LogP contribution in [0.4, 0.5) is 5.95 Å². The molecule has 0 atom stereocenters. The summed E-state index contributed by atoms with van der Waals surface area (Å²) >= 11 is 0. The Balaban J connectivity index is 1.38. The van der Waals surface area contributed by atoms with Crippen molar-refractivity contribution in [2.45, 2.75) is 37.2 Å². The molecule has 0 radical (unpaired) electrons. The highest BCUT2D eigenvalue weighted by molar-refractivity contribution is 7.89. The average molecular weight is 584 g/mol. The van der Waals surface area contributed by atoms with E-state index in [9.17, 15) is 21.6 Å². The number of aromatic nitrogens is 4. The third-order valence-electron chi connectivity index (χ3n) is 6.96. The van der Waals surface area contributed by atoms with Crippen molar-refractivity contribution in [1.82, 2.24) is 23.8 Å². The second kappa shape index (κ2) is 10.7. The van der Waals surface area contributed by atoms with E-state index in [1.54, 1.807) is 30.6 Å². The third-order valence-corrected chi connectivity index (χ3v) is 9.17. The molecule has 3 aromatic heterocycles. The lowest BCUT2D eigenvalue weighted by Crippen LogP contribution is -2.42. The lowest BCUT2D eigenvalue weighted by molar-refractivity contribution is 0.331. The standard InChI is InChI=1S/C26H29N7O5S2/c1-17-3-6-21(40(27,37)38)13-22(17)23-7-4-18(14-28-23)16-33-24(34)8-5-19-15-29-26(31-25(19)33)30-20-9-11-32(12-10-20)39(2,35)36/h3-8,13-15,20H,9-12,16H2,1-2H3,(H2,27,37,38)(H,29,30,31). The molecule has 14 heteroatoms. The van der Waals surface area contributed by atoms with E-state index in [0.717, 1.165) is 11.1 Å². The zero-order valence-corrected chi connectivity index (χ0v) is 23.6. The van der Waals surface area contributed by atoms with E-state index in [1.165, 1.54) is 33.3 Å². The first-order valence-corrected chi connectivity index (χ1v) is 15.9. The Morgan fingerprint density at radius 1 is 1.00 bits per heavy atom. The maximum Gasteiger partial charge on any atom is 0.252 e. The molecule has 40 heavy (non-hydrogen) atoms. The molecule has 0 saturated carbocycles. The molecule has 1 aliphatic heterocycles. The van der Waals surface area contributed by atoms with Crippen LogP contribution in [0.5, 0.6) is 0 Å². The van der Waals surface area contributed by atoms with Gasteiger partial charge in [0.05, 0.1) is 23.4 Å². The third kappa shape index (κ3) is 6.04. The van der Waals surface area contributed by atoms with Gasteiger partial charge in [-0.15, -0.1) is 0 Å². The number of hydrogen-bond acceptors (Lipinski definition) is 9. The van der Waals surface area contributed by atoms with E-state index in [1.807, 2.05) is 13.0 Å². The molecule has 3 N–H and O–H groups in total. The van der Waals surface area contributed by atoms with E-state index >= 15 is 0 Å². The first kappa shape index (κ1) is 27.8. The fraction of sp³-hybridized carbons (Fsp3) is 0.308. The normalized spacial score (nSPS) is 15.4. The van der Waals surface area contributed by atoms with Gasteiger partial charge in [0.15, 0.2) is 0 Å². The van der Waals surface area contributed by atoms with Gasteiger partial charge in [-0.1, -0.05) is 12.1 Å². The minimum Gasteiger partial charge on any atom is -0.351 e. The summed E-state index contributed by atoms with van der Waals surface area (Å²) in [6.07, 6.45) is 5.73. The van der Waals surface area contributed by atoms with Gasteiger partial charge in [0, 0.05) is 48.5 Å². The molecule has 5 rings (SSSR count). The molecule has 0 unspecified atom stereocenters. The van der Waals surface area contributed by atoms with Gasteiger partial charge in [0.25, 0.3) is 5.56 Å². The van der Waals surface area contributed by atoms with Crippen molar-refractivity contribution in [3.63, 3.8) is 0 Å². The van der Waals surface area contributed by atoms with Crippen LogP contribution in [0.15, 0.2) is 64.5 Å². The summed E-state index contributed by atoms with van der Waals surface area (Å²) in [7, 11) is -7.07. The maximum absolute atomic E-state index is 12.9. The smallest absolute Gasteiger partial charge is 0.252 e. The molecule has 1 fully saturated rings. The van der Waals surface area contributed by atoms with Gasteiger partial charge in [0.2, 0.25) is 26.0 Å². The highest BCUT2D eigenvalue weighted by Gasteiger charge is 2.25.